The van der Waals surface area contributed by atoms with Crippen LogP contribution in [0.5, 0.6) is 11.5 Å². The Hall–Kier alpha value is -1.52. The van der Waals surface area contributed by atoms with E-state index in [0.29, 0.717) is 6.61 Å². The van der Waals surface area contributed by atoms with Crippen LogP contribution in [0.3, 0.4) is 0 Å². The monoisotopic (exact) mass is 288 g/mol. The summed E-state index contributed by atoms with van der Waals surface area (Å²) in [6.45, 7) is 0.531. The molecule has 4 heteroatoms. The highest BCUT2D eigenvalue weighted by molar-refractivity contribution is 5.41. The summed E-state index contributed by atoms with van der Waals surface area (Å²) >= 11 is 0. The van der Waals surface area contributed by atoms with Crippen LogP contribution in [0.1, 0.15) is 38.5 Å². The van der Waals surface area contributed by atoms with Gasteiger partial charge in [0, 0.05) is 0 Å². The minimum absolute atomic E-state index is 0.0245. The molecule has 0 spiro atoms. The molecule has 3 N–H and O–H groups in total. The van der Waals surface area contributed by atoms with Crippen molar-refractivity contribution in [2.45, 2.75) is 50.7 Å². The fourth-order valence-electron chi connectivity index (χ4n) is 3.15. The van der Waals surface area contributed by atoms with Crippen molar-refractivity contribution in [3.05, 3.63) is 35.9 Å². The van der Waals surface area contributed by atoms with Gasteiger partial charge >= 0.3 is 0 Å². The number of fused-ring (bicyclic) bond motifs is 1. The predicted octanol–water partition coefficient (Wildman–Crippen LogP) is 2.94. The molecular weight excluding hydrogens is 264 g/mol. The zero-order valence-corrected chi connectivity index (χ0v) is 12.4. The van der Waals surface area contributed by atoms with E-state index in [2.05, 4.69) is 11.5 Å². The van der Waals surface area contributed by atoms with Gasteiger partial charge in [-0.15, -0.1) is 0 Å². The second-order valence-corrected chi connectivity index (χ2v) is 5.79. The molecule has 0 radical (unpaired) electrons. The van der Waals surface area contributed by atoms with E-state index in [4.69, 9.17) is 15.3 Å². The number of para-hydroxylation sites is 2. The molecular formula is C17H24N2O2. The van der Waals surface area contributed by atoms with Gasteiger partial charge in [-0.05, 0) is 37.8 Å². The van der Waals surface area contributed by atoms with Gasteiger partial charge in [-0.25, -0.2) is 5.43 Å². The molecule has 1 aliphatic carbocycles. The van der Waals surface area contributed by atoms with Gasteiger partial charge in [0.2, 0.25) is 0 Å². The van der Waals surface area contributed by atoms with Gasteiger partial charge in [0.05, 0.1) is 6.04 Å². The minimum Gasteiger partial charge on any atom is -0.486 e. The molecule has 2 atom stereocenters. The summed E-state index contributed by atoms with van der Waals surface area (Å²) in [5.74, 6) is 7.44. The van der Waals surface area contributed by atoms with Crippen molar-refractivity contribution in [3.8, 4) is 11.5 Å². The zero-order valence-electron chi connectivity index (χ0n) is 12.4. The van der Waals surface area contributed by atoms with Crippen molar-refractivity contribution in [2.24, 2.45) is 5.84 Å². The largest absolute Gasteiger partial charge is 0.486 e. The highest BCUT2D eigenvalue weighted by Crippen LogP contribution is 2.33. The van der Waals surface area contributed by atoms with Gasteiger partial charge < -0.3 is 9.47 Å². The van der Waals surface area contributed by atoms with Crippen molar-refractivity contribution >= 4 is 0 Å². The molecule has 0 fully saturated rings. The van der Waals surface area contributed by atoms with Gasteiger partial charge in [0.15, 0.2) is 17.6 Å². The molecule has 2 aliphatic rings. The van der Waals surface area contributed by atoms with E-state index in [0.717, 1.165) is 24.3 Å². The van der Waals surface area contributed by atoms with Crippen molar-refractivity contribution in [1.29, 1.82) is 0 Å². The lowest BCUT2D eigenvalue weighted by atomic mass is 9.92. The van der Waals surface area contributed by atoms with Crippen LogP contribution in [-0.4, -0.2) is 18.8 Å². The number of ether oxygens (including phenoxy) is 2. The standard InChI is InChI=1S/C17H24N2O2/c18-19-17(13-8-4-2-1-3-5-9-13)16-12-20-14-10-6-7-11-15(14)21-16/h6-8,10-11,16-17,19H,1-5,9,12,18H2/b13-8+. The molecule has 4 nitrogen and oxygen atoms in total. The SMILES string of the molecule is NNC(/C1=C/CCCCCC1)C1COc2ccccc2O1. The van der Waals surface area contributed by atoms with Crippen LogP contribution in [-0.2, 0) is 0 Å². The lowest BCUT2D eigenvalue weighted by Crippen LogP contribution is -2.51. The zero-order chi connectivity index (χ0) is 14.5. The summed E-state index contributed by atoms with van der Waals surface area (Å²) in [6, 6.07) is 7.83. The van der Waals surface area contributed by atoms with E-state index in [1.54, 1.807) is 0 Å². The number of hydrazine groups is 1. The van der Waals surface area contributed by atoms with Crippen LogP contribution < -0.4 is 20.7 Å². The number of nitrogens with two attached hydrogens (primary N) is 1. The van der Waals surface area contributed by atoms with Crippen LogP contribution in [0.15, 0.2) is 35.9 Å². The molecule has 3 rings (SSSR count). The number of hydrogen-bond acceptors (Lipinski definition) is 4. The summed E-state index contributed by atoms with van der Waals surface area (Å²) in [6.07, 6.45) is 9.64. The summed E-state index contributed by atoms with van der Waals surface area (Å²) in [5, 5.41) is 0. The van der Waals surface area contributed by atoms with Crippen molar-refractivity contribution in [3.63, 3.8) is 0 Å². The van der Waals surface area contributed by atoms with Crippen LogP contribution in [0, 0.1) is 0 Å². The molecule has 114 valence electrons. The highest BCUT2D eigenvalue weighted by atomic mass is 16.6. The first-order chi connectivity index (χ1) is 10.4. The van der Waals surface area contributed by atoms with E-state index in [1.165, 1.54) is 31.3 Å². The lowest BCUT2D eigenvalue weighted by molar-refractivity contribution is 0.0700. The van der Waals surface area contributed by atoms with Gasteiger partial charge in [-0.1, -0.05) is 36.6 Å². The minimum atomic E-state index is -0.0735. The molecule has 1 aromatic carbocycles. The Labute approximate surface area is 126 Å². The fraction of sp³-hybridized carbons (Fsp3) is 0.529. The first-order valence-corrected chi connectivity index (χ1v) is 7.92. The van der Waals surface area contributed by atoms with Crippen molar-refractivity contribution in [2.75, 3.05) is 6.61 Å². The first-order valence-electron chi connectivity index (χ1n) is 7.92. The molecule has 0 bridgehead atoms. The molecule has 0 amide bonds. The van der Waals surface area contributed by atoms with Crippen LogP contribution in [0.25, 0.3) is 0 Å². The van der Waals surface area contributed by atoms with Crippen molar-refractivity contribution < 1.29 is 9.47 Å². The van der Waals surface area contributed by atoms with Gasteiger partial charge in [0.25, 0.3) is 0 Å². The number of benzene rings is 1. The molecule has 2 unspecified atom stereocenters. The smallest absolute Gasteiger partial charge is 0.161 e. The Morgan fingerprint density at radius 2 is 1.90 bits per heavy atom. The molecule has 1 heterocycles. The maximum Gasteiger partial charge on any atom is 0.161 e. The molecule has 0 saturated heterocycles. The molecule has 1 aromatic rings. The summed E-state index contributed by atoms with van der Waals surface area (Å²) < 4.78 is 11.9. The molecule has 0 aromatic heterocycles. The van der Waals surface area contributed by atoms with E-state index < -0.39 is 0 Å². The van der Waals surface area contributed by atoms with Crippen LogP contribution in [0.4, 0.5) is 0 Å². The van der Waals surface area contributed by atoms with E-state index in [1.807, 2.05) is 24.3 Å². The Kier molecular flexibility index (Phi) is 4.78. The fourth-order valence-corrected chi connectivity index (χ4v) is 3.15. The topological polar surface area (TPSA) is 56.5 Å². The second-order valence-electron chi connectivity index (χ2n) is 5.79. The third kappa shape index (κ3) is 3.39. The third-order valence-corrected chi connectivity index (χ3v) is 4.31. The highest BCUT2D eigenvalue weighted by Gasteiger charge is 2.30. The van der Waals surface area contributed by atoms with E-state index >= 15 is 0 Å². The van der Waals surface area contributed by atoms with Crippen molar-refractivity contribution in [1.82, 2.24) is 5.43 Å². The predicted molar refractivity (Wildman–Crippen MR) is 83.2 cm³/mol. The second kappa shape index (κ2) is 6.96. The number of rotatable bonds is 3. The molecule has 1 aliphatic heterocycles. The third-order valence-electron chi connectivity index (χ3n) is 4.31. The van der Waals surface area contributed by atoms with Gasteiger partial charge in [-0.3, -0.25) is 5.84 Å². The Morgan fingerprint density at radius 3 is 2.76 bits per heavy atom. The number of allylic oxidation sites excluding steroid dienone is 1. The lowest BCUT2D eigenvalue weighted by Gasteiger charge is -2.33. The number of nitrogens with one attached hydrogen (secondary N) is 1. The quantitative estimate of drug-likeness (QED) is 0.510. The molecule has 21 heavy (non-hydrogen) atoms. The maximum absolute atomic E-state index is 6.10. The van der Waals surface area contributed by atoms with E-state index in [-0.39, 0.29) is 12.1 Å². The van der Waals surface area contributed by atoms with Gasteiger partial charge in [0.1, 0.15) is 6.61 Å². The van der Waals surface area contributed by atoms with E-state index in [9.17, 15) is 0 Å². The number of hydrogen-bond donors (Lipinski definition) is 2. The summed E-state index contributed by atoms with van der Waals surface area (Å²) in [5.41, 5.74) is 4.31. The normalized spacial score (nSPS) is 26.1. The average molecular weight is 288 g/mol. The Morgan fingerprint density at radius 1 is 1.10 bits per heavy atom. The first kappa shape index (κ1) is 14.4. The Balaban J connectivity index is 1.74. The van der Waals surface area contributed by atoms with Gasteiger partial charge in [-0.2, -0.15) is 0 Å². The van der Waals surface area contributed by atoms with Crippen LogP contribution >= 0.6 is 0 Å². The summed E-state index contributed by atoms with van der Waals surface area (Å²) in [7, 11) is 0. The Bertz CT molecular complexity index is 501. The van der Waals surface area contributed by atoms with Crippen LogP contribution in [0.2, 0.25) is 0 Å². The average Bonchev–Trinajstić information content (AvgIpc) is 2.49. The maximum atomic E-state index is 6.10. The molecule has 0 saturated carbocycles. The summed E-state index contributed by atoms with van der Waals surface area (Å²) in [4.78, 5) is 0.